The lowest BCUT2D eigenvalue weighted by molar-refractivity contribution is -0.117. The van der Waals surface area contributed by atoms with E-state index in [1.807, 2.05) is 6.07 Å². The van der Waals surface area contributed by atoms with Gasteiger partial charge in [0, 0.05) is 34.4 Å². The zero-order chi connectivity index (χ0) is 23.8. The van der Waals surface area contributed by atoms with Gasteiger partial charge in [-0.2, -0.15) is 5.26 Å². The molecule has 10 heteroatoms. The SMILES string of the molecule is Cc1cc2c(F)c(Oc3ncnc(Nc4ccc(NC(=O)C5CC5)cc4)c3C#N)cc(F)c2[nH]1. The third kappa shape index (κ3) is 4.11. The largest absolute Gasteiger partial charge is 0.434 e. The van der Waals surface area contributed by atoms with Crippen LogP contribution in [0, 0.1) is 35.8 Å². The molecule has 0 unspecified atom stereocenters. The monoisotopic (exact) mass is 460 g/mol. The minimum Gasteiger partial charge on any atom is -0.434 e. The van der Waals surface area contributed by atoms with Crippen molar-refractivity contribution in [2.75, 3.05) is 10.6 Å². The topological polar surface area (TPSA) is 116 Å². The van der Waals surface area contributed by atoms with Crippen LogP contribution in [-0.4, -0.2) is 20.9 Å². The highest BCUT2D eigenvalue weighted by Gasteiger charge is 2.29. The first-order valence-electron chi connectivity index (χ1n) is 10.5. The number of aromatic amines is 1. The minimum absolute atomic E-state index is 0.00160. The summed E-state index contributed by atoms with van der Waals surface area (Å²) in [5, 5.41) is 15.5. The van der Waals surface area contributed by atoms with E-state index in [1.165, 1.54) is 6.07 Å². The molecule has 1 aliphatic rings. The predicted molar refractivity (Wildman–Crippen MR) is 121 cm³/mol. The molecular formula is C24H18F2N6O2. The van der Waals surface area contributed by atoms with Gasteiger partial charge in [-0.1, -0.05) is 0 Å². The molecule has 170 valence electrons. The van der Waals surface area contributed by atoms with Gasteiger partial charge in [-0.25, -0.2) is 18.7 Å². The number of hydrogen-bond donors (Lipinski definition) is 3. The van der Waals surface area contributed by atoms with Crippen LogP contribution >= 0.6 is 0 Å². The van der Waals surface area contributed by atoms with Gasteiger partial charge < -0.3 is 20.4 Å². The van der Waals surface area contributed by atoms with Crippen molar-refractivity contribution in [1.82, 2.24) is 15.0 Å². The Balaban J connectivity index is 1.39. The molecule has 4 aromatic rings. The fourth-order valence-electron chi connectivity index (χ4n) is 3.52. The minimum atomic E-state index is -0.776. The fourth-order valence-corrected chi connectivity index (χ4v) is 3.52. The Bertz CT molecular complexity index is 1460. The Hall–Kier alpha value is -4.52. The van der Waals surface area contributed by atoms with Gasteiger partial charge >= 0.3 is 0 Å². The van der Waals surface area contributed by atoms with Crippen LogP contribution < -0.4 is 15.4 Å². The van der Waals surface area contributed by atoms with Crippen molar-refractivity contribution in [2.45, 2.75) is 19.8 Å². The molecule has 1 amide bonds. The molecule has 2 aromatic heterocycles. The van der Waals surface area contributed by atoms with Crippen LogP contribution in [0.4, 0.5) is 26.0 Å². The summed E-state index contributed by atoms with van der Waals surface area (Å²) >= 11 is 0. The van der Waals surface area contributed by atoms with Crippen LogP contribution in [0.5, 0.6) is 11.6 Å². The lowest BCUT2D eigenvalue weighted by atomic mass is 10.2. The van der Waals surface area contributed by atoms with Crippen molar-refractivity contribution >= 4 is 34.0 Å². The molecule has 1 fully saturated rings. The zero-order valence-corrected chi connectivity index (χ0v) is 17.9. The standard InChI is InChI=1S/C24H18F2N6O2/c1-12-8-16-20(26)19(9-18(25)21(16)30-12)34-24-17(10-27)22(28-11-29-24)31-14-4-6-15(7-5-14)32-23(33)13-2-3-13/h4-9,11,13,30H,2-3H2,1H3,(H,32,33)(H,28,29,31). The molecule has 8 nitrogen and oxygen atoms in total. The Kier molecular flexibility index (Phi) is 5.30. The van der Waals surface area contributed by atoms with Gasteiger partial charge in [-0.3, -0.25) is 4.79 Å². The summed E-state index contributed by atoms with van der Waals surface area (Å²) in [6.07, 6.45) is 2.97. The first-order valence-corrected chi connectivity index (χ1v) is 10.5. The molecule has 0 bridgehead atoms. The average Bonchev–Trinajstić information content (AvgIpc) is 3.60. The summed E-state index contributed by atoms with van der Waals surface area (Å²) in [5.41, 5.74) is 1.78. The molecule has 1 aliphatic carbocycles. The van der Waals surface area contributed by atoms with Gasteiger partial charge in [-0.15, -0.1) is 0 Å². The highest BCUT2D eigenvalue weighted by atomic mass is 19.1. The van der Waals surface area contributed by atoms with Crippen molar-refractivity contribution < 1.29 is 18.3 Å². The summed E-state index contributed by atoms with van der Waals surface area (Å²) in [6, 6.07) is 11.2. The smallest absolute Gasteiger partial charge is 0.242 e. The van der Waals surface area contributed by atoms with Crippen LogP contribution in [0.25, 0.3) is 10.9 Å². The molecule has 0 spiro atoms. The first kappa shape index (κ1) is 21.3. The third-order valence-corrected chi connectivity index (χ3v) is 5.40. The van der Waals surface area contributed by atoms with Crippen molar-refractivity contribution in [1.29, 1.82) is 5.26 Å². The summed E-state index contributed by atoms with van der Waals surface area (Å²) in [6.45, 7) is 1.68. The zero-order valence-electron chi connectivity index (χ0n) is 17.9. The molecule has 0 radical (unpaired) electrons. The highest BCUT2D eigenvalue weighted by Crippen LogP contribution is 2.34. The summed E-state index contributed by atoms with van der Waals surface area (Å²) in [4.78, 5) is 22.7. The van der Waals surface area contributed by atoms with E-state index in [4.69, 9.17) is 4.74 Å². The quantitative estimate of drug-likeness (QED) is 0.360. The lowest BCUT2D eigenvalue weighted by Crippen LogP contribution is -2.13. The second kappa shape index (κ2) is 8.44. The Morgan fingerprint density at radius 2 is 1.91 bits per heavy atom. The van der Waals surface area contributed by atoms with Crippen LogP contribution in [0.2, 0.25) is 0 Å². The number of rotatable bonds is 6. The number of amides is 1. The van der Waals surface area contributed by atoms with Gasteiger partial charge in [0.1, 0.15) is 12.4 Å². The van der Waals surface area contributed by atoms with E-state index < -0.39 is 17.4 Å². The predicted octanol–water partition coefficient (Wildman–Crippen LogP) is 5.30. The fraction of sp³-hybridized carbons (Fsp3) is 0.167. The van der Waals surface area contributed by atoms with Crippen molar-refractivity contribution in [3.63, 3.8) is 0 Å². The van der Waals surface area contributed by atoms with Crippen molar-refractivity contribution in [2.24, 2.45) is 5.92 Å². The lowest BCUT2D eigenvalue weighted by Gasteiger charge is -2.12. The number of carbonyl (C=O) groups excluding carboxylic acids is 1. The molecule has 3 N–H and O–H groups in total. The second-order valence-electron chi connectivity index (χ2n) is 7.99. The Labute approximate surface area is 192 Å². The number of aryl methyl sites for hydroxylation is 1. The van der Waals surface area contributed by atoms with Gasteiger partial charge in [0.2, 0.25) is 11.8 Å². The number of anilines is 3. The van der Waals surface area contributed by atoms with Crippen molar-refractivity contribution in [3.05, 3.63) is 65.6 Å². The van der Waals surface area contributed by atoms with E-state index in [1.54, 1.807) is 31.2 Å². The maximum absolute atomic E-state index is 14.9. The van der Waals surface area contributed by atoms with E-state index in [2.05, 4.69) is 25.6 Å². The number of nitrogens with zero attached hydrogens (tertiary/aromatic N) is 3. The first-order chi connectivity index (χ1) is 16.4. The number of nitrogens with one attached hydrogen (secondary N) is 3. The maximum Gasteiger partial charge on any atom is 0.242 e. The number of halogens is 2. The van der Waals surface area contributed by atoms with Gasteiger partial charge in [0.25, 0.3) is 0 Å². The number of fused-ring (bicyclic) bond motifs is 1. The van der Waals surface area contributed by atoms with Gasteiger partial charge in [0.15, 0.2) is 28.8 Å². The Morgan fingerprint density at radius 1 is 1.18 bits per heavy atom. The van der Waals surface area contributed by atoms with E-state index >= 15 is 0 Å². The summed E-state index contributed by atoms with van der Waals surface area (Å²) in [5.74, 6) is -1.88. The summed E-state index contributed by atoms with van der Waals surface area (Å²) < 4.78 is 34.9. The van der Waals surface area contributed by atoms with Crippen LogP contribution in [0.1, 0.15) is 24.1 Å². The highest BCUT2D eigenvalue weighted by molar-refractivity contribution is 5.94. The van der Waals surface area contributed by atoms with E-state index in [0.29, 0.717) is 17.1 Å². The van der Waals surface area contributed by atoms with Crippen LogP contribution in [0.15, 0.2) is 42.7 Å². The van der Waals surface area contributed by atoms with Crippen LogP contribution in [0.3, 0.4) is 0 Å². The van der Waals surface area contributed by atoms with Crippen molar-refractivity contribution in [3.8, 4) is 17.7 Å². The number of benzene rings is 2. The maximum atomic E-state index is 14.9. The molecule has 2 heterocycles. The number of nitriles is 1. The van der Waals surface area contributed by atoms with E-state index in [-0.39, 0.29) is 40.0 Å². The van der Waals surface area contributed by atoms with E-state index in [9.17, 15) is 18.8 Å². The second-order valence-corrected chi connectivity index (χ2v) is 7.99. The van der Waals surface area contributed by atoms with Gasteiger partial charge in [-0.05, 0) is 50.1 Å². The molecule has 0 saturated heterocycles. The number of aromatic nitrogens is 3. The molecule has 5 rings (SSSR count). The number of hydrogen-bond acceptors (Lipinski definition) is 6. The number of ether oxygens (including phenoxy) is 1. The molecular weight excluding hydrogens is 442 g/mol. The number of H-pyrrole nitrogens is 1. The third-order valence-electron chi connectivity index (χ3n) is 5.40. The molecule has 1 saturated carbocycles. The number of carbonyl (C=O) groups is 1. The van der Waals surface area contributed by atoms with E-state index in [0.717, 1.165) is 25.2 Å². The molecule has 2 aromatic carbocycles. The Morgan fingerprint density at radius 3 is 2.62 bits per heavy atom. The van der Waals surface area contributed by atoms with Crippen LogP contribution in [-0.2, 0) is 4.79 Å². The summed E-state index contributed by atoms with van der Waals surface area (Å²) in [7, 11) is 0. The average molecular weight is 460 g/mol. The molecule has 0 aliphatic heterocycles. The normalized spacial score (nSPS) is 12.9. The molecule has 0 atom stereocenters. The molecule has 34 heavy (non-hydrogen) atoms. The van der Waals surface area contributed by atoms with Gasteiger partial charge in [0.05, 0.1) is 5.52 Å².